The van der Waals surface area contributed by atoms with Gasteiger partial charge >= 0.3 is 5.97 Å². The molecule has 0 spiro atoms. The maximum atomic E-state index is 12.0. The second-order valence-electron chi connectivity index (χ2n) is 6.96. The van der Waals surface area contributed by atoms with Crippen LogP contribution in [-0.4, -0.2) is 29.3 Å². The molecule has 0 saturated heterocycles. The van der Waals surface area contributed by atoms with Gasteiger partial charge in [0.2, 0.25) is 0 Å². The molecule has 2 N–H and O–H groups in total. The van der Waals surface area contributed by atoms with E-state index in [1.165, 1.54) is 35.7 Å². The highest BCUT2D eigenvalue weighted by Gasteiger charge is 2.14. The largest absolute Gasteiger partial charge is 0.455 e. The number of hydrazine groups is 1. The molecule has 0 radical (unpaired) electrons. The van der Waals surface area contributed by atoms with Gasteiger partial charge in [-0.05, 0) is 48.4 Å². The molecule has 9 heteroatoms. The number of hydrogen-bond donors (Lipinski definition) is 2. The normalized spacial score (nSPS) is 12.4. The molecule has 30 heavy (non-hydrogen) atoms. The van der Waals surface area contributed by atoms with Crippen molar-refractivity contribution in [3.8, 4) is 0 Å². The third kappa shape index (κ3) is 5.63. The predicted molar refractivity (Wildman–Crippen MR) is 106 cm³/mol. The van der Waals surface area contributed by atoms with Crippen molar-refractivity contribution in [1.82, 2.24) is 10.9 Å². The van der Waals surface area contributed by atoms with Crippen LogP contribution in [0.1, 0.15) is 39.9 Å². The van der Waals surface area contributed by atoms with Crippen molar-refractivity contribution < 1.29 is 24.0 Å². The maximum absolute atomic E-state index is 12.0. The second-order valence-corrected chi connectivity index (χ2v) is 6.96. The lowest BCUT2D eigenvalue weighted by Gasteiger charge is -2.16. The van der Waals surface area contributed by atoms with Crippen LogP contribution in [0.2, 0.25) is 0 Å². The standard InChI is InChI=1S/C21H21N3O6/c25-19(22-23-21(27)17-6-3-7-18(12-17)24(28)29)13-30-20(26)11-14-8-9-15-4-1-2-5-16(15)10-14/h3,6-10,12H,1-2,4-5,11,13H2,(H,22,25)(H,23,27). The fourth-order valence-corrected chi connectivity index (χ4v) is 3.26. The first-order valence-electron chi connectivity index (χ1n) is 9.52. The van der Waals surface area contributed by atoms with Crippen LogP contribution in [0.3, 0.4) is 0 Å². The number of aryl methyl sites for hydroxylation is 2. The molecule has 156 valence electrons. The van der Waals surface area contributed by atoms with Crippen molar-refractivity contribution >= 4 is 23.5 Å². The fourth-order valence-electron chi connectivity index (χ4n) is 3.26. The van der Waals surface area contributed by atoms with Gasteiger partial charge < -0.3 is 4.74 Å². The quantitative estimate of drug-likeness (QED) is 0.425. The van der Waals surface area contributed by atoms with E-state index in [9.17, 15) is 24.5 Å². The molecule has 3 rings (SSSR count). The van der Waals surface area contributed by atoms with Gasteiger partial charge in [0.15, 0.2) is 6.61 Å². The molecule has 0 bridgehead atoms. The molecule has 0 saturated carbocycles. The number of benzene rings is 2. The van der Waals surface area contributed by atoms with Gasteiger partial charge in [-0.15, -0.1) is 0 Å². The topological polar surface area (TPSA) is 128 Å². The van der Waals surface area contributed by atoms with Crippen molar-refractivity contribution in [3.63, 3.8) is 0 Å². The minimum atomic E-state index is -0.729. The van der Waals surface area contributed by atoms with Crippen LogP contribution in [0, 0.1) is 10.1 Å². The Morgan fingerprint density at radius 1 is 1.00 bits per heavy atom. The third-order valence-electron chi connectivity index (χ3n) is 4.76. The minimum absolute atomic E-state index is 0.00824. The van der Waals surface area contributed by atoms with Gasteiger partial charge in [0.1, 0.15) is 0 Å². The van der Waals surface area contributed by atoms with E-state index in [1.54, 1.807) is 0 Å². The first-order chi connectivity index (χ1) is 14.4. The van der Waals surface area contributed by atoms with E-state index in [1.807, 2.05) is 18.2 Å². The third-order valence-corrected chi connectivity index (χ3v) is 4.76. The highest BCUT2D eigenvalue weighted by molar-refractivity contribution is 5.96. The van der Waals surface area contributed by atoms with Crippen LogP contribution in [0.5, 0.6) is 0 Å². The van der Waals surface area contributed by atoms with Crippen molar-refractivity contribution in [3.05, 3.63) is 74.8 Å². The Hall–Kier alpha value is -3.75. The van der Waals surface area contributed by atoms with Gasteiger partial charge in [0.25, 0.3) is 17.5 Å². The summed E-state index contributed by atoms with van der Waals surface area (Å²) < 4.78 is 4.95. The number of nitro groups is 1. The zero-order valence-electron chi connectivity index (χ0n) is 16.2. The molecule has 0 heterocycles. The number of amides is 2. The Balaban J connectivity index is 1.43. The van der Waals surface area contributed by atoms with Gasteiger partial charge in [-0.2, -0.15) is 0 Å². The molecule has 0 fully saturated rings. The number of esters is 1. The van der Waals surface area contributed by atoms with E-state index < -0.39 is 29.3 Å². The highest BCUT2D eigenvalue weighted by Crippen LogP contribution is 2.22. The fraction of sp³-hybridized carbons (Fsp3) is 0.286. The van der Waals surface area contributed by atoms with Crippen molar-refractivity contribution in [2.45, 2.75) is 32.1 Å². The Morgan fingerprint density at radius 3 is 2.53 bits per heavy atom. The first-order valence-corrected chi connectivity index (χ1v) is 9.52. The van der Waals surface area contributed by atoms with Gasteiger partial charge in [-0.25, -0.2) is 0 Å². The zero-order chi connectivity index (χ0) is 21.5. The Kier molecular flexibility index (Phi) is 6.74. The molecule has 1 aliphatic rings. The lowest BCUT2D eigenvalue weighted by Crippen LogP contribution is -2.43. The van der Waals surface area contributed by atoms with Crippen molar-refractivity contribution in [1.29, 1.82) is 0 Å². The summed E-state index contributed by atoms with van der Waals surface area (Å²) in [5, 5.41) is 10.7. The number of ether oxygens (including phenoxy) is 1. The number of nitro benzene ring substituents is 1. The van der Waals surface area contributed by atoms with Crippen LogP contribution >= 0.6 is 0 Å². The summed E-state index contributed by atoms with van der Waals surface area (Å²) in [5.74, 6) is -2.01. The molecule has 1 aliphatic carbocycles. The van der Waals surface area contributed by atoms with E-state index in [4.69, 9.17) is 4.74 Å². The Bertz CT molecular complexity index is 988. The van der Waals surface area contributed by atoms with E-state index >= 15 is 0 Å². The number of carbonyl (C=O) groups is 3. The number of rotatable bonds is 6. The molecule has 9 nitrogen and oxygen atoms in total. The lowest BCUT2D eigenvalue weighted by molar-refractivity contribution is -0.384. The van der Waals surface area contributed by atoms with Gasteiger partial charge in [-0.1, -0.05) is 24.3 Å². The molecule has 2 aromatic rings. The van der Waals surface area contributed by atoms with E-state index in [2.05, 4.69) is 10.9 Å². The van der Waals surface area contributed by atoms with Gasteiger partial charge in [0.05, 0.1) is 11.3 Å². The molecular weight excluding hydrogens is 390 g/mol. The molecule has 0 atom stereocenters. The van der Waals surface area contributed by atoms with E-state index in [-0.39, 0.29) is 17.7 Å². The second kappa shape index (κ2) is 9.64. The van der Waals surface area contributed by atoms with E-state index in [0.29, 0.717) is 0 Å². The molecule has 0 aromatic heterocycles. The predicted octanol–water partition coefficient (Wildman–Crippen LogP) is 2.02. The lowest BCUT2D eigenvalue weighted by atomic mass is 9.90. The molecule has 0 unspecified atom stereocenters. The number of fused-ring (bicyclic) bond motifs is 1. The van der Waals surface area contributed by atoms with Crippen LogP contribution < -0.4 is 10.9 Å². The van der Waals surface area contributed by atoms with Crippen molar-refractivity contribution in [2.75, 3.05) is 6.61 Å². The van der Waals surface area contributed by atoms with Crippen molar-refractivity contribution in [2.24, 2.45) is 0 Å². The van der Waals surface area contributed by atoms with Crippen LogP contribution in [0.25, 0.3) is 0 Å². The van der Waals surface area contributed by atoms with Crippen LogP contribution in [0.15, 0.2) is 42.5 Å². The molecule has 2 amide bonds. The van der Waals surface area contributed by atoms with Gasteiger partial charge in [-0.3, -0.25) is 35.3 Å². The Labute approximate surface area is 172 Å². The smallest absolute Gasteiger partial charge is 0.310 e. The number of carbonyl (C=O) groups excluding carboxylic acids is 3. The summed E-state index contributed by atoms with van der Waals surface area (Å²) in [7, 11) is 0. The van der Waals surface area contributed by atoms with Crippen LogP contribution in [0.4, 0.5) is 5.69 Å². The molecule has 0 aliphatic heterocycles. The summed E-state index contributed by atoms with van der Waals surface area (Å²) >= 11 is 0. The minimum Gasteiger partial charge on any atom is -0.455 e. The van der Waals surface area contributed by atoms with Crippen LogP contribution in [-0.2, 0) is 33.6 Å². The highest BCUT2D eigenvalue weighted by atomic mass is 16.6. The van der Waals surface area contributed by atoms with E-state index in [0.717, 1.165) is 30.9 Å². The summed E-state index contributed by atoms with van der Waals surface area (Å²) in [6.45, 7) is -0.557. The first kappa shape index (κ1) is 21.0. The summed E-state index contributed by atoms with van der Waals surface area (Å²) in [6, 6.07) is 11.0. The average molecular weight is 411 g/mol. The number of nitrogens with one attached hydrogen (secondary N) is 2. The van der Waals surface area contributed by atoms with Gasteiger partial charge in [0, 0.05) is 17.7 Å². The summed E-state index contributed by atoms with van der Waals surface area (Å²) in [4.78, 5) is 45.9. The zero-order valence-corrected chi connectivity index (χ0v) is 16.2. The average Bonchev–Trinajstić information content (AvgIpc) is 2.76. The SMILES string of the molecule is O=C(COC(=O)Cc1ccc2c(c1)CCCC2)NNC(=O)c1cccc([N+](=O)[O-])c1. The molecular formula is C21H21N3O6. The summed E-state index contributed by atoms with van der Waals surface area (Å²) in [5.41, 5.74) is 7.40. The monoisotopic (exact) mass is 411 g/mol. The number of hydrogen-bond acceptors (Lipinski definition) is 6. The molecule has 2 aromatic carbocycles. The number of non-ortho nitro benzene ring substituents is 1. The summed E-state index contributed by atoms with van der Waals surface area (Å²) in [6.07, 6.45) is 4.44. The number of nitrogens with zero attached hydrogens (tertiary/aromatic N) is 1. The maximum Gasteiger partial charge on any atom is 0.310 e. The Morgan fingerprint density at radius 2 is 1.77 bits per heavy atom.